The average Bonchev–Trinajstić information content (AvgIpc) is 2.02. The molecule has 0 rings (SSSR count). The molecular formula is C6H15N5O2. The highest BCUT2D eigenvalue weighted by Gasteiger charge is 1.89. The van der Waals surface area contributed by atoms with Crippen molar-refractivity contribution in [2.24, 2.45) is 27.2 Å². The van der Waals surface area contributed by atoms with Gasteiger partial charge in [0, 0.05) is 0 Å². The van der Waals surface area contributed by atoms with Gasteiger partial charge in [-0.05, 0) is 0 Å². The fourth-order valence-corrected chi connectivity index (χ4v) is 0.559. The summed E-state index contributed by atoms with van der Waals surface area (Å²) in [6, 6.07) is 0. The number of hydrogen-bond donors (Lipinski definition) is 4. The van der Waals surface area contributed by atoms with Crippen molar-refractivity contribution in [1.82, 2.24) is 0 Å². The Bertz CT molecular complexity index is 187. The molecule has 0 heterocycles. The number of aliphatic imine (C=N–C) groups is 2. The zero-order valence-corrected chi connectivity index (χ0v) is 7.31. The lowest BCUT2D eigenvalue weighted by Gasteiger charge is -1.98. The third-order valence-corrected chi connectivity index (χ3v) is 0.989. The van der Waals surface area contributed by atoms with E-state index in [-0.39, 0.29) is 25.1 Å². The minimum absolute atomic E-state index is 0.00685. The van der Waals surface area contributed by atoms with E-state index >= 15 is 0 Å². The summed E-state index contributed by atoms with van der Waals surface area (Å²) in [5.41, 5.74) is 15.4. The minimum atomic E-state index is -0.127. The summed E-state index contributed by atoms with van der Waals surface area (Å²) < 4.78 is 4.91. The first-order valence-corrected chi connectivity index (χ1v) is 3.75. The van der Waals surface area contributed by atoms with Gasteiger partial charge in [0.2, 0.25) is 5.96 Å². The third kappa shape index (κ3) is 8.57. The Morgan fingerprint density at radius 1 is 1.23 bits per heavy atom. The molecule has 0 aromatic heterocycles. The van der Waals surface area contributed by atoms with Crippen LogP contribution in [0.2, 0.25) is 0 Å². The first-order valence-electron chi connectivity index (χ1n) is 3.75. The van der Waals surface area contributed by atoms with Crippen LogP contribution in [0.4, 0.5) is 0 Å². The number of aliphatic hydroxyl groups excluding tert-OH is 1. The topological polar surface area (TPSA) is 132 Å². The van der Waals surface area contributed by atoms with Crippen LogP contribution in [0.15, 0.2) is 9.98 Å². The molecule has 0 atom stereocenters. The van der Waals surface area contributed by atoms with Gasteiger partial charge in [0.05, 0.1) is 26.4 Å². The second-order valence-electron chi connectivity index (χ2n) is 2.11. The first kappa shape index (κ1) is 11.7. The number of rotatable bonds is 5. The second kappa shape index (κ2) is 7.32. The van der Waals surface area contributed by atoms with Crippen molar-refractivity contribution >= 4 is 11.9 Å². The van der Waals surface area contributed by atoms with Crippen molar-refractivity contribution in [2.45, 2.75) is 0 Å². The number of ether oxygens (including phenoxy) is 1. The van der Waals surface area contributed by atoms with Crippen LogP contribution in [-0.4, -0.2) is 43.4 Å². The summed E-state index contributed by atoms with van der Waals surface area (Å²) >= 11 is 0. The molecule has 0 saturated carbocycles. The largest absolute Gasteiger partial charge is 0.394 e. The summed E-state index contributed by atoms with van der Waals surface area (Å²) in [5, 5.41) is 8.35. The Hall–Kier alpha value is -1.34. The fraction of sp³-hybridized carbons (Fsp3) is 0.667. The van der Waals surface area contributed by atoms with Gasteiger partial charge in [-0.15, -0.1) is 0 Å². The van der Waals surface area contributed by atoms with E-state index < -0.39 is 0 Å². The third-order valence-electron chi connectivity index (χ3n) is 0.989. The zero-order valence-electron chi connectivity index (χ0n) is 7.31. The van der Waals surface area contributed by atoms with Crippen LogP contribution in [-0.2, 0) is 4.74 Å². The van der Waals surface area contributed by atoms with Gasteiger partial charge in [0.15, 0.2) is 5.96 Å². The van der Waals surface area contributed by atoms with E-state index in [9.17, 15) is 0 Å². The minimum Gasteiger partial charge on any atom is -0.394 e. The molecule has 7 heteroatoms. The molecule has 0 aliphatic carbocycles. The average molecular weight is 189 g/mol. The van der Waals surface area contributed by atoms with Crippen molar-refractivity contribution in [3.63, 3.8) is 0 Å². The van der Waals surface area contributed by atoms with Crippen LogP contribution in [0, 0.1) is 0 Å². The van der Waals surface area contributed by atoms with Crippen molar-refractivity contribution in [2.75, 3.05) is 26.4 Å². The molecule has 7 N–H and O–H groups in total. The molecule has 0 radical (unpaired) electrons. The predicted molar refractivity (Wildman–Crippen MR) is 50.2 cm³/mol. The Morgan fingerprint density at radius 3 is 2.46 bits per heavy atom. The van der Waals surface area contributed by atoms with Crippen LogP contribution in [0.25, 0.3) is 0 Å². The zero-order chi connectivity index (χ0) is 10.1. The van der Waals surface area contributed by atoms with Crippen molar-refractivity contribution in [3.8, 4) is 0 Å². The number of nitrogens with zero attached hydrogens (tertiary/aromatic N) is 2. The van der Waals surface area contributed by atoms with Gasteiger partial charge in [0.25, 0.3) is 0 Å². The Balaban J connectivity index is 3.54. The van der Waals surface area contributed by atoms with E-state index in [1.807, 2.05) is 0 Å². The highest BCUT2D eigenvalue weighted by molar-refractivity contribution is 5.92. The highest BCUT2D eigenvalue weighted by atomic mass is 16.5. The fourth-order valence-electron chi connectivity index (χ4n) is 0.559. The molecule has 0 aromatic rings. The van der Waals surface area contributed by atoms with Gasteiger partial charge in [-0.3, -0.25) is 0 Å². The van der Waals surface area contributed by atoms with Crippen LogP contribution >= 0.6 is 0 Å². The summed E-state index contributed by atoms with van der Waals surface area (Å²) in [6.45, 7) is 1.02. The van der Waals surface area contributed by atoms with Gasteiger partial charge < -0.3 is 27.0 Å². The number of aliphatic hydroxyl groups is 1. The van der Waals surface area contributed by atoms with E-state index in [1.165, 1.54) is 0 Å². The molecule has 0 fully saturated rings. The quantitative estimate of drug-likeness (QED) is 0.217. The van der Waals surface area contributed by atoms with Crippen molar-refractivity contribution in [3.05, 3.63) is 0 Å². The van der Waals surface area contributed by atoms with E-state index in [4.69, 9.17) is 27.0 Å². The molecule has 0 amide bonds. The lowest BCUT2D eigenvalue weighted by molar-refractivity contribution is 0.0978. The normalized spacial score (nSPS) is 11.3. The molecule has 0 aliphatic heterocycles. The number of nitrogens with two attached hydrogens (primary N) is 3. The molecular weight excluding hydrogens is 174 g/mol. The molecule has 76 valence electrons. The molecule has 0 unspecified atom stereocenters. The Labute approximate surface area is 76.3 Å². The summed E-state index contributed by atoms with van der Waals surface area (Å²) in [4.78, 5) is 7.27. The second-order valence-corrected chi connectivity index (χ2v) is 2.11. The highest BCUT2D eigenvalue weighted by Crippen LogP contribution is 1.77. The van der Waals surface area contributed by atoms with E-state index in [2.05, 4.69) is 9.98 Å². The molecule has 0 saturated heterocycles. The smallest absolute Gasteiger partial charge is 0.218 e. The Morgan fingerprint density at radius 2 is 1.92 bits per heavy atom. The van der Waals surface area contributed by atoms with E-state index in [1.54, 1.807) is 0 Å². The number of hydrogen-bond acceptors (Lipinski definition) is 3. The maximum Gasteiger partial charge on any atom is 0.218 e. The molecule has 0 bridgehead atoms. The molecule has 7 nitrogen and oxygen atoms in total. The maximum atomic E-state index is 8.35. The molecule has 0 spiro atoms. The molecule has 0 aromatic carbocycles. The summed E-state index contributed by atoms with van der Waals surface area (Å²) in [7, 11) is 0. The standard InChI is InChI=1S/C6H15N5O2/c7-5(8)11-6(9)10-1-3-13-4-2-12/h12H,1-4H2,(H6,7,8,9,10,11). The van der Waals surface area contributed by atoms with E-state index in [0.717, 1.165) is 0 Å². The van der Waals surface area contributed by atoms with E-state index in [0.29, 0.717) is 13.2 Å². The first-order chi connectivity index (χ1) is 6.16. The monoisotopic (exact) mass is 189 g/mol. The van der Waals surface area contributed by atoms with Gasteiger partial charge in [-0.2, -0.15) is 4.99 Å². The molecule has 0 aliphatic rings. The van der Waals surface area contributed by atoms with Crippen LogP contribution in [0.5, 0.6) is 0 Å². The van der Waals surface area contributed by atoms with Gasteiger partial charge in [-0.25, -0.2) is 4.99 Å². The number of guanidine groups is 2. The van der Waals surface area contributed by atoms with Gasteiger partial charge in [0.1, 0.15) is 0 Å². The molecule has 13 heavy (non-hydrogen) atoms. The Kier molecular flexibility index (Phi) is 6.56. The SMILES string of the molecule is NC(N)=NC(N)=NCCOCCO. The van der Waals surface area contributed by atoms with Crippen LogP contribution in [0.3, 0.4) is 0 Å². The van der Waals surface area contributed by atoms with Crippen molar-refractivity contribution in [1.29, 1.82) is 0 Å². The summed E-state index contributed by atoms with van der Waals surface area (Å²) in [6.07, 6.45) is 0. The maximum absolute atomic E-state index is 8.35. The lowest BCUT2D eigenvalue weighted by atomic mass is 10.7. The van der Waals surface area contributed by atoms with Crippen LogP contribution in [0.1, 0.15) is 0 Å². The lowest BCUT2D eigenvalue weighted by Crippen LogP contribution is -2.26. The van der Waals surface area contributed by atoms with Crippen LogP contribution < -0.4 is 17.2 Å². The van der Waals surface area contributed by atoms with Gasteiger partial charge in [-0.1, -0.05) is 0 Å². The summed E-state index contributed by atoms with van der Waals surface area (Å²) in [5.74, 6) is -0.106. The van der Waals surface area contributed by atoms with Gasteiger partial charge >= 0.3 is 0 Å². The van der Waals surface area contributed by atoms with Crippen molar-refractivity contribution < 1.29 is 9.84 Å². The predicted octanol–water partition coefficient (Wildman–Crippen LogP) is -2.42.